The van der Waals surface area contributed by atoms with Crippen LogP contribution in [0.5, 0.6) is 0 Å². The molecule has 0 spiro atoms. The van der Waals surface area contributed by atoms with Crippen LogP contribution in [0.1, 0.15) is 6.92 Å². The van der Waals surface area contributed by atoms with Crippen LogP contribution in [0.3, 0.4) is 0 Å². The molecule has 0 aromatic carbocycles. The van der Waals surface area contributed by atoms with Crippen molar-refractivity contribution < 1.29 is 9.90 Å². The number of aliphatic carboxylic acids is 1. The zero-order chi connectivity index (χ0) is 11.4. The van der Waals surface area contributed by atoms with Gasteiger partial charge in [0.05, 0.1) is 0 Å². The second kappa shape index (κ2) is 4.93. The van der Waals surface area contributed by atoms with Gasteiger partial charge in [-0.15, -0.1) is 0 Å². The quantitative estimate of drug-likeness (QED) is 0.851. The summed E-state index contributed by atoms with van der Waals surface area (Å²) in [6.07, 6.45) is 2.72. The first-order valence-electron chi connectivity index (χ1n) is 4.25. The van der Waals surface area contributed by atoms with E-state index in [1.807, 2.05) is 0 Å². The number of carboxylic acids is 1. The molecule has 4 nitrogen and oxygen atoms in total. The van der Waals surface area contributed by atoms with Crippen molar-refractivity contribution in [2.75, 3.05) is 0 Å². The van der Waals surface area contributed by atoms with Crippen LogP contribution in [-0.2, 0) is 11.3 Å². The molecule has 0 bridgehead atoms. The Bertz CT molecular complexity index is 462. The van der Waals surface area contributed by atoms with Crippen molar-refractivity contribution in [1.82, 2.24) is 4.57 Å². The summed E-state index contributed by atoms with van der Waals surface area (Å²) in [5, 5.41) is 8.51. The number of pyridine rings is 1. The summed E-state index contributed by atoms with van der Waals surface area (Å²) in [5.74, 6) is -1.00. The lowest BCUT2D eigenvalue weighted by atomic mass is 10.3. The first kappa shape index (κ1) is 11.7. The molecule has 5 heteroatoms. The molecule has 0 unspecified atom stereocenters. The van der Waals surface area contributed by atoms with Crippen LogP contribution in [-0.4, -0.2) is 15.6 Å². The second-order valence-corrected chi connectivity index (χ2v) is 4.06. The molecule has 15 heavy (non-hydrogen) atoms. The van der Waals surface area contributed by atoms with Gasteiger partial charge in [-0.2, -0.15) is 0 Å². The number of nitrogens with zero attached hydrogens (tertiary/aromatic N) is 1. The van der Waals surface area contributed by atoms with E-state index in [2.05, 4.69) is 15.9 Å². The van der Waals surface area contributed by atoms with Gasteiger partial charge in [-0.05, 0) is 34.5 Å². The second-order valence-electron chi connectivity index (χ2n) is 3.14. The topological polar surface area (TPSA) is 59.3 Å². The Balaban J connectivity index is 2.94. The van der Waals surface area contributed by atoms with Gasteiger partial charge in [0.1, 0.15) is 0 Å². The van der Waals surface area contributed by atoms with Crippen LogP contribution < -0.4 is 5.56 Å². The van der Waals surface area contributed by atoms with Gasteiger partial charge >= 0.3 is 5.97 Å². The predicted molar refractivity (Wildman–Crippen MR) is 59.8 cm³/mol. The average molecular weight is 272 g/mol. The molecule has 1 rings (SSSR count). The lowest BCUT2D eigenvalue weighted by Crippen LogP contribution is -2.18. The number of rotatable bonds is 3. The average Bonchev–Trinajstić information content (AvgIpc) is 2.10. The molecule has 1 aromatic heterocycles. The Hall–Kier alpha value is -1.36. The van der Waals surface area contributed by atoms with E-state index in [4.69, 9.17) is 5.11 Å². The summed E-state index contributed by atoms with van der Waals surface area (Å²) in [4.78, 5) is 21.7. The van der Waals surface area contributed by atoms with Crippen molar-refractivity contribution in [3.05, 3.63) is 44.8 Å². The van der Waals surface area contributed by atoms with E-state index in [0.29, 0.717) is 5.57 Å². The molecule has 80 valence electrons. The maximum absolute atomic E-state index is 11.4. The van der Waals surface area contributed by atoms with Crippen LogP contribution in [0.25, 0.3) is 0 Å². The van der Waals surface area contributed by atoms with E-state index in [0.717, 1.165) is 10.5 Å². The van der Waals surface area contributed by atoms with Gasteiger partial charge < -0.3 is 9.67 Å². The summed E-state index contributed by atoms with van der Waals surface area (Å²) < 4.78 is 2.23. The summed E-state index contributed by atoms with van der Waals surface area (Å²) in [6, 6.07) is 3.08. The SMILES string of the molecule is CC(=CC(=O)O)Cn1cc(Br)ccc1=O. The lowest BCUT2D eigenvalue weighted by Gasteiger charge is -2.05. The Morgan fingerprint density at radius 3 is 2.87 bits per heavy atom. The van der Waals surface area contributed by atoms with Gasteiger partial charge in [0.25, 0.3) is 5.56 Å². The summed E-state index contributed by atoms with van der Waals surface area (Å²) >= 11 is 3.24. The molecular weight excluding hydrogens is 262 g/mol. The van der Waals surface area contributed by atoms with Crippen LogP contribution >= 0.6 is 15.9 Å². The lowest BCUT2D eigenvalue weighted by molar-refractivity contribution is -0.131. The number of carbonyl (C=O) groups is 1. The number of hydrogen-bond donors (Lipinski definition) is 1. The Morgan fingerprint density at radius 2 is 2.27 bits per heavy atom. The highest BCUT2D eigenvalue weighted by Crippen LogP contribution is 2.06. The zero-order valence-electron chi connectivity index (χ0n) is 8.11. The van der Waals surface area contributed by atoms with Gasteiger partial charge in [-0.25, -0.2) is 4.79 Å². The highest BCUT2D eigenvalue weighted by atomic mass is 79.9. The van der Waals surface area contributed by atoms with Crippen LogP contribution in [0.2, 0.25) is 0 Å². The first-order chi connectivity index (χ1) is 6.99. The molecule has 0 saturated carbocycles. The highest BCUT2D eigenvalue weighted by molar-refractivity contribution is 9.10. The molecule has 0 aliphatic heterocycles. The normalized spacial score (nSPS) is 11.5. The minimum absolute atomic E-state index is 0.156. The van der Waals surface area contributed by atoms with Gasteiger partial charge in [-0.1, -0.05) is 0 Å². The predicted octanol–water partition coefficient (Wildman–Crippen LogP) is 1.64. The number of halogens is 1. The molecule has 1 N–H and O–H groups in total. The van der Waals surface area contributed by atoms with Gasteiger partial charge in [0.2, 0.25) is 0 Å². The Morgan fingerprint density at radius 1 is 1.60 bits per heavy atom. The maximum atomic E-state index is 11.4. The molecule has 0 radical (unpaired) electrons. The van der Waals surface area contributed by atoms with Crippen LogP contribution in [0, 0.1) is 0 Å². The summed E-state index contributed by atoms with van der Waals surface area (Å²) in [7, 11) is 0. The molecule has 0 aliphatic rings. The first-order valence-corrected chi connectivity index (χ1v) is 5.04. The van der Waals surface area contributed by atoms with E-state index >= 15 is 0 Å². The van der Waals surface area contributed by atoms with Crippen molar-refractivity contribution in [3.63, 3.8) is 0 Å². The van der Waals surface area contributed by atoms with E-state index < -0.39 is 5.97 Å². The fourth-order valence-electron chi connectivity index (χ4n) is 1.15. The third-order valence-electron chi connectivity index (χ3n) is 1.74. The third-order valence-corrected chi connectivity index (χ3v) is 2.21. The largest absolute Gasteiger partial charge is 0.478 e. The van der Waals surface area contributed by atoms with Gasteiger partial charge in [0, 0.05) is 29.4 Å². The third kappa shape index (κ3) is 3.71. The van der Waals surface area contributed by atoms with Crippen molar-refractivity contribution in [2.45, 2.75) is 13.5 Å². The molecular formula is C10H10BrNO3. The van der Waals surface area contributed by atoms with Crippen molar-refractivity contribution in [3.8, 4) is 0 Å². The smallest absolute Gasteiger partial charge is 0.328 e. The van der Waals surface area contributed by atoms with Crippen LogP contribution in [0.4, 0.5) is 0 Å². The standard InChI is InChI=1S/C10H10BrNO3/c1-7(4-10(14)15)5-12-6-8(11)2-3-9(12)13/h2-4,6H,5H2,1H3,(H,14,15). The molecule has 0 fully saturated rings. The highest BCUT2D eigenvalue weighted by Gasteiger charge is 1.99. The van der Waals surface area contributed by atoms with E-state index in [-0.39, 0.29) is 12.1 Å². The van der Waals surface area contributed by atoms with Crippen molar-refractivity contribution >= 4 is 21.9 Å². The fraction of sp³-hybridized carbons (Fsp3) is 0.200. The van der Waals surface area contributed by atoms with Crippen LogP contribution in [0.15, 0.2) is 39.2 Å². The van der Waals surface area contributed by atoms with E-state index in [1.165, 1.54) is 10.6 Å². The number of carboxylic acid groups (broad SMARTS) is 1. The minimum Gasteiger partial charge on any atom is -0.478 e. The van der Waals surface area contributed by atoms with Gasteiger partial charge in [-0.3, -0.25) is 4.79 Å². The summed E-state index contributed by atoms with van der Waals surface area (Å²) in [6.45, 7) is 1.95. The Labute approximate surface area is 95.0 Å². The monoisotopic (exact) mass is 271 g/mol. The van der Waals surface area contributed by atoms with E-state index in [9.17, 15) is 9.59 Å². The molecule has 0 amide bonds. The van der Waals surface area contributed by atoms with Gasteiger partial charge in [0.15, 0.2) is 0 Å². The number of hydrogen-bond acceptors (Lipinski definition) is 2. The molecule has 0 saturated heterocycles. The number of allylic oxidation sites excluding steroid dienone is 1. The fourth-order valence-corrected chi connectivity index (χ4v) is 1.53. The summed E-state index contributed by atoms with van der Waals surface area (Å²) in [5.41, 5.74) is 0.457. The zero-order valence-corrected chi connectivity index (χ0v) is 9.69. The minimum atomic E-state index is -1.00. The maximum Gasteiger partial charge on any atom is 0.328 e. The van der Waals surface area contributed by atoms with E-state index in [1.54, 1.807) is 19.2 Å². The molecule has 1 aromatic rings. The molecule has 0 atom stereocenters. The Kier molecular flexibility index (Phi) is 3.85. The molecule has 0 aliphatic carbocycles. The molecule has 1 heterocycles. The van der Waals surface area contributed by atoms with Crippen molar-refractivity contribution in [2.24, 2.45) is 0 Å². The van der Waals surface area contributed by atoms with Crippen molar-refractivity contribution in [1.29, 1.82) is 0 Å². The number of aromatic nitrogens is 1.